The first-order chi connectivity index (χ1) is 13.3. The Hall–Kier alpha value is -3.95. The van der Waals surface area contributed by atoms with Gasteiger partial charge in [-0.3, -0.25) is 14.8 Å². The van der Waals surface area contributed by atoms with Gasteiger partial charge in [-0.2, -0.15) is 0 Å². The predicted molar refractivity (Wildman–Crippen MR) is 107 cm³/mol. The van der Waals surface area contributed by atoms with Crippen LogP contribution in [0.5, 0.6) is 0 Å². The van der Waals surface area contributed by atoms with Crippen LogP contribution in [-0.4, -0.2) is 15.8 Å². The molecule has 0 aliphatic heterocycles. The Labute approximate surface area is 157 Å². The van der Waals surface area contributed by atoms with E-state index in [4.69, 9.17) is 0 Å². The molecule has 4 rings (SSSR count). The molecule has 1 radical (unpaired) electrons. The van der Waals surface area contributed by atoms with Crippen LogP contribution in [0.3, 0.4) is 0 Å². The van der Waals surface area contributed by atoms with E-state index >= 15 is 0 Å². The van der Waals surface area contributed by atoms with Gasteiger partial charge in [0.2, 0.25) is 5.78 Å². The first kappa shape index (κ1) is 16.5. The molecule has 0 atom stereocenters. The Morgan fingerprint density at radius 3 is 1.96 bits per heavy atom. The SMILES string of the molecule is O=C(C#Cc1cnc2ccccc2c1)[CH]C#Cc1cnc2ccccc2c1. The molecule has 125 valence electrons. The molecule has 0 amide bonds. The molecule has 3 nitrogen and oxygen atoms in total. The van der Waals surface area contributed by atoms with Crippen LogP contribution >= 0.6 is 0 Å². The summed E-state index contributed by atoms with van der Waals surface area (Å²) in [6, 6.07) is 19.4. The summed E-state index contributed by atoms with van der Waals surface area (Å²) in [5.74, 6) is 10.7. The number of hydrogen-bond donors (Lipinski definition) is 0. The van der Waals surface area contributed by atoms with E-state index in [2.05, 4.69) is 33.6 Å². The van der Waals surface area contributed by atoms with E-state index in [1.165, 1.54) is 6.42 Å². The van der Waals surface area contributed by atoms with Gasteiger partial charge < -0.3 is 0 Å². The molecule has 27 heavy (non-hydrogen) atoms. The van der Waals surface area contributed by atoms with Crippen molar-refractivity contribution in [2.45, 2.75) is 0 Å². The molecule has 0 aliphatic carbocycles. The normalized spacial score (nSPS) is 9.93. The van der Waals surface area contributed by atoms with Gasteiger partial charge in [0.05, 0.1) is 11.0 Å². The van der Waals surface area contributed by atoms with Crippen molar-refractivity contribution in [3.63, 3.8) is 0 Å². The number of para-hydroxylation sites is 2. The lowest BCUT2D eigenvalue weighted by Crippen LogP contribution is -1.92. The number of nitrogens with zero attached hydrogens (tertiary/aromatic N) is 2. The van der Waals surface area contributed by atoms with Gasteiger partial charge in [0.15, 0.2) is 0 Å². The van der Waals surface area contributed by atoms with E-state index in [1.54, 1.807) is 12.4 Å². The van der Waals surface area contributed by atoms with Gasteiger partial charge in [-0.05, 0) is 30.2 Å². The van der Waals surface area contributed by atoms with E-state index in [-0.39, 0.29) is 5.78 Å². The van der Waals surface area contributed by atoms with Crippen LogP contribution in [0.2, 0.25) is 0 Å². The van der Waals surface area contributed by atoms with Crippen LogP contribution in [0, 0.1) is 30.1 Å². The van der Waals surface area contributed by atoms with Crippen molar-refractivity contribution in [1.82, 2.24) is 9.97 Å². The predicted octanol–water partition coefficient (Wildman–Crippen LogP) is 3.96. The lowest BCUT2D eigenvalue weighted by Gasteiger charge is -1.96. The number of carbonyl (C=O) groups excluding carboxylic acids is 1. The molecule has 0 N–H and O–H groups in total. The smallest absolute Gasteiger partial charge is 0.222 e. The zero-order valence-electron chi connectivity index (χ0n) is 14.3. The number of pyridine rings is 2. The number of hydrogen-bond acceptors (Lipinski definition) is 3. The summed E-state index contributed by atoms with van der Waals surface area (Å²) >= 11 is 0. The maximum Gasteiger partial charge on any atom is 0.222 e. The maximum absolute atomic E-state index is 11.9. The molecule has 0 aliphatic rings. The molecule has 2 aromatic heterocycles. The van der Waals surface area contributed by atoms with E-state index in [9.17, 15) is 4.79 Å². The molecule has 0 fully saturated rings. The number of carbonyl (C=O) groups is 1. The highest BCUT2D eigenvalue weighted by molar-refractivity contribution is 6.04. The molecule has 0 unspecified atom stereocenters. The second-order valence-electron chi connectivity index (χ2n) is 5.86. The highest BCUT2D eigenvalue weighted by atomic mass is 16.1. The summed E-state index contributed by atoms with van der Waals surface area (Å²) < 4.78 is 0. The molecule has 0 saturated heterocycles. The Balaban J connectivity index is 1.45. The van der Waals surface area contributed by atoms with Crippen molar-refractivity contribution in [2.75, 3.05) is 0 Å². The largest absolute Gasteiger partial charge is 0.283 e. The molecular formula is C24H13N2O. The van der Waals surface area contributed by atoms with E-state index < -0.39 is 0 Å². The first-order valence-corrected chi connectivity index (χ1v) is 8.38. The van der Waals surface area contributed by atoms with Crippen molar-refractivity contribution in [3.05, 3.63) is 90.6 Å². The van der Waals surface area contributed by atoms with Crippen LogP contribution in [0.4, 0.5) is 0 Å². The Kier molecular flexibility index (Phi) is 4.60. The summed E-state index contributed by atoms with van der Waals surface area (Å²) in [5, 5.41) is 2.00. The number of fused-ring (bicyclic) bond motifs is 2. The van der Waals surface area contributed by atoms with Gasteiger partial charge in [0.1, 0.15) is 6.42 Å². The third-order valence-electron chi connectivity index (χ3n) is 3.93. The standard InChI is InChI=1S/C24H13N2O/c27-22(13-12-19-15-21-8-2-4-11-24(21)26-17-19)9-5-6-18-14-20-7-1-3-10-23(20)25-16-18/h1-4,7-11,14-17H. The number of rotatable bonds is 1. The van der Waals surface area contributed by atoms with Crippen LogP contribution in [0.1, 0.15) is 11.1 Å². The average molecular weight is 345 g/mol. The van der Waals surface area contributed by atoms with Crippen LogP contribution in [-0.2, 0) is 4.79 Å². The molecule has 0 spiro atoms. The molecule has 3 heteroatoms. The molecule has 4 aromatic rings. The second kappa shape index (κ2) is 7.52. The van der Waals surface area contributed by atoms with Crippen molar-refractivity contribution in [3.8, 4) is 23.7 Å². The van der Waals surface area contributed by atoms with E-state index in [0.717, 1.165) is 27.4 Å². The van der Waals surface area contributed by atoms with Gasteiger partial charge in [0.25, 0.3) is 0 Å². The van der Waals surface area contributed by atoms with Crippen molar-refractivity contribution in [1.29, 1.82) is 0 Å². The Morgan fingerprint density at radius 2 is 1.33 bits per heavy atom. The van der Waals surface area contributed by atoms with Gasteiger partial charge in [0, 0.05) is 34.3 Å². The molecule has 2 heterocycles. The lowest BCUT2D eigenvalue weighted by atomic mass is 10.1. The zero-order chi connectivity index (χ0) is 18.5. The number of aromatic nitrogens is 2. The highest BCUT2D eigenvalue weighted by Gasteiger charge is 1.97. The fourth-order valence-electron chi connectivity index (χ4n) is 2.63. The highest BCUT2D eigenvalue weighted by Crippen LogP contribution is 2.12. The van der Waals surface area contributed by atoms with Crippen LogP contribution in [0.15, 0.2) is 73.1 Å². The zero-order valence-corrected chi connectivity index (χ0v) is 14.3. The topological polar surface area (TPSA) is 42.9 Å². The Bertz CT molecular complexity index is 1280. The minimum Gasteiger partial charge on any atom is -0.283 e. The third kappa shape index (κ3) is 4.00. The van der Waals surface area contributed by atoms with E-state index in [1.807, 2.05) is 60.7 Å². The minimum absolute atomic E-state index is 0.343. The van der Waals surface area contributed by atoms with Crippen molar-refractivity contribution >= 4 is 27.6 Å². The summed E-state index contributed by atoms with van der Waals surface area (Å²) in [5.41, 5.74) is 3.26. The summed E-state index contributed by atoms with van der Waals surface area (Å²) in [7, 11) is 0. The summed E-state index contributed by atoms with van der Waals surface area (Å²) in [4.78, 5) is 20.6. The molecule has 0 bridgehead atoms. The Morgan fingerprint density at radius 1 is 0.778 bits per heavy atom. The fourth-order valence-corrected chi connectivity index (χ4v) is 2.63. The average Bonchev–Trinajstić information content (AvgIpc) is 2.72. The fraction of sp³-hybridized carbons (Fsp3) is 0. The van der Waals surface area contributed by atoms with Crippen molar-refractivity contribution < 1.29 is 4.79 Å². The molecular weight excluding hydrogens is 332 g/mol. The number of benzene rings is 2. The van der Waals surface area contributed by atoms with Crippen LogP contribution < -0.4 is 0 Å². The maximum atomic E-state index is 11.9. The van der Waals surface area contributed by atoms with Gasteiger partial charge in [-0.25, -0.2) is 0 Å². The van der Waals surface area contributed by atoms with Crippen molar-refractivity contribution in [2.24, 2.45) is 0 Å². The number of ketones is 1. The second-order valence-corrected chi connectivity index (χ2v) is 5.86. The summed E-state index contributed by atoms with van der Waals surface area (Å²) in [6.45, 7) is 0. The first-order valence-electron chi connectivity index (χ1n) is 8.38. The monoisotopic (exact) mass is 345 g/mol. The summed E-state index contributed by atoms with van der Waals surface area (Å²) in [6.07, 6.45) is 4.63. The quantitative estimate of drug-likeness (QED) is 0.491. The number of Topliss-reactive ketones (excluding diaryl/α,β-unsaturated/α-hetero) is 1. The minimum atomic E-state index is -0.343. The van der Waals surface area contributed by atoms with E-state index in [0.29, 0.717) is 5.56 Å². The van der Waals surface area contributed by atoms with Gasteiger partial charge in [-0.15, -0.1) is 0 Å². The molecule has 2 aromatic carbocycles. The van der Waals surface area contributed by atoms with Gasteiger partial charge in [-0.1, -0.05) is 54.2 Å². The van der Waals surface area contributed by atoms with Crippen LogP contribution in [0.25, 0.3) is 21.8 Å². The van der Waals surface area contributed by atoms with Gasteiger partial charge >= 0.3 is 0 Å². The third-order valence-corrected chi connectivity index (χ3v) is 3.93. The molecule has 0 saturated carbocycles. The lowest BCUT2D eigenvalue weighted by molar-refractivity contribution is -0.110.